The number of halogens is 2. The fourth-order valence-corrected chi connectivity index (χ4v) is 1.67. The fourth-order valence-electron chi connectivity index (χ4n) is 1.03. The van der Waals surface area contributed by atoms with Crippen molar-refractivity contribution in [3.63, 3.8) is 0 Å². The van der Waals surface area contributed by atoms with Crippen LogP contribution in [0.5, 0.6) is 5.75 Å². The SMILES string of the molecule is CNC(=O)c1cc(Cl)c(OC)c(Cl)c1. The van der Waals surface area contributed by atoms with Gasteiger partial charge in [0.15, 0.2) is 5.75 Å². The van der Waals surface area contributed by atoms with Crippen LogP contribution in [0.4, 0.5) is 0 Å². The second kappa shape index (κ2) is 4.53. The van der Waals surface area contributed by atoms with E-state index >= 15 is 0 Å². The van der Waals surface area contributed by atoms with E-state index in [0.717, 1.165) is 0 Å². The van der Waals surface area contributed by atoms with Crippen molar-refractivity contribution in [1.29, 1.82) is 0 Å². The highest BCUT2D eigenvalue weighted by atomic mass is 35.5. The number of carbonyl (C=O) groups excluding carboxylic acids is 1. The Balaban J connectivity index is 3.20. The highest BCUT2D eigenvalue weighted by molar-refractivity contribution is 6.37. The number of amides is 1. The topological polar surface area (TPSA) is 38.3 Å². The van der Waals surface area contributed by atoms with Gasteiger partial charge in [-0.15, -0.1) is 0 Å². The van der Waals surface area contributed by atoms with Gasteiger partial charge in [-0.1, -0.05) is 23.2 Å². The van der Waals surface area contributed by atoms with Crippen molar-refractivity contribution in [3.8, 4) is 5.75 Å². The summed E-state index contributed by atoms with van der Waals surface area (Å²) in [6.07, 6.45) is 0. The zero-order valence-electron chi connectivity index (χ0n) is 7.73. The first-order valence-electron chi connectivity index (χ1n) is 3.85. The lowest BCUT2D eigenvalue weighted by molar-refractivity contribution is 0.0963. The molecule has 14 heavy (non-hydrogen) atoms. The minimum Gasteiger partial charge on any atom is -0.494 e. The van der Waals surface area contributed by atoms with Gasteiger partial charge >= 0.3 is 0 Å². The van der Waals surface area contributed by atoms with Gasteiger partial charge in [-0.25, -0.2) is 0 Å². The summed E-state index contributed by atoms with van der Waals surface area (Å²) >= 11 is 11.7. The van der Waals surface area contributed by atoms with Gasteiger partial charge in [0, 0.05) is 12.6 Å². The van der Waals surface area contributed by atoms with E-state index < -0.39 is 0 Å². The summed E-state index contributed by atoms with van der Waals surface area (Å²) in [5, 5.41) is 3.11. The molecule has 3 nitrogen and oxygen atoms in total. The Kier molecular flexibility index (Phi) is 3.61. The standard InChI is InChI=1S/C9H9Cl2NO2/c1-12-9(13)5-3-6(10)8(14-2)7(11)4-5/h3-4H,1-2H3,(H,12,13). The lowest BCUT2D eigenvalue weighted by Gasteiger charge is -2.07. The monoisotopic (exact) mass is 233 g/mol. The average molecular weight is 234 g/mol. The molecule has 0 aliphatic heterocycles. The Bertz CT molecular complexity index is 343. The molecule has 1 aromatic carbocycles. The minimum absolute atomic E-state index is 0.239. The Morgan fingerprint density at radius 1 is 1.36 bits per heavy atom. The molecule has 0 heterocycles. The molecular weight excluding hydrogens is 225 g/mol. The largest absolute Gasteiger partial charge is 0.494 e. The predicted octanol–water partition coefficient (Wildman–Crippen LogP) is 2.36. The second-order valence-electron chi connectivity index (χ2n) is 2.55. The molecule has 76 valence electrons. The number of carbonyl (C=O) groups is 1. The zero-order chi connectivity index (χ0) is 10.7. The van der Waals surface area contributed by atoms with E-state index in [2.05, 4.69) is 5.32 Å². The van der Waals surface area contributed by atoms with Crippen molar-refractivity contribution >= 4 is 29.1 Å². The normalized spacial score (nSPS) is 9.71. The van der Waals surface area contributed by atoms with E-state index in [1.165, 1.54) is 26.3 Å². The smallest absolute Gasteiger partial charge is 0.251 e. The molecule has 0 saturated heterocycles. The van der Waals surface area contributed by atoms with Gasteiger partial charge in [-0.2, -0.15) is 0 Å². The third-order valence-electron chi connectivity index (χ3n) is 1.69. The molecule has 0 aliphatic rings. The molecule has 1 N–H and O–H groups in total. The van der Waals surface area contributed by atoms with Crippen molar-refractivity contribution in [2.24, 2.45) is 0 Å². The molecule has 0 radical (unpaired) electrons. The highest BCUT2D eigenvalue weighted by Gasteiger charge is 2.11. The molecule has 0 atom stereocenters. The molecule has 0 fully saturated rings. The summed E-state index contributed by atoms with van der Waals surface area (Å²) in [4.78, 5) is 11.2. The van der Waals surface area contributed by atoms with Crippen LogP contribution >= 0.6 is 23.2 Å². The molecule has 0 unspecified atom stereocenters. The van der Waals surface area contributed by atoms with Crippen LogP contribution in [0.15, 0.2) is 12.1 Å². The molecule has 5 heteroatoms. The van der Waals surface area contributed by atoms with Crippen LogP contribution in [0.1, 0.15) is 10.4 Å². The lowest BCUT2D eigenvalue weighted by Crippen LogP contribution is -2.17. The van der Waals surface area contributed by atoms with E-state index in [-0.39, 0.29) is 5.91 Å². The van der Waals surface area contributed by atoms with Crippen molar-refractivity contribution in [3.05, 3.63) is 27.7 Å². The van der Waals surface area contributed by atoms with E-state index in [4.69, 9.17) is 27.9 Å². The van der Waals surface area contributed by atoms with Crippen LogP contribution in [-0.2, 0) is 0 Å². The van der Waals surface area contributed by atoms with Gasteiger partial charge in [0.25, 0.3) is 5.91 Å². The van der Waals surface area contributed by atoms with Crippen LogP contribution in [-0.4, -0.2) is 20.1 Å². The Labute approximate surface area is 92.0 Å². The number of nitrogens with one attached hydrogen (secondary N) is 1. The summed E-state index contributed by atoms with van der Waals surface area (Å²) in [5.41, 5.74) is 0.406. The highest BCUT2D eigenvalue weighted by Crippen LogP contribution is 2.33. The first kappa shape index (κ1) is 11.1. The molecule has 0 saturated carbocycles. The second-order valence-corrected chi connectivity index (χ2v) is 3.37. The molecule has 0 aliphatic carbocycles. The summed E-state index contributed by atoms with van der Waals surface area (Å²) in [6.45, 7) is 0. The predicted molar refractivity (Wildman–Crippen MR) is 56.4 cm³/mol. The molecular formula is C9H9Cl2NO2. The van der Waals surface area contributed by atoms with Crippen molar-refractivity contribution < 1.29 is 9.53 Å². The van der Waals surface area contributed by atoms with E-state index in [1.54, 1.807) is 0 Å². The van der Waals surface area contributed by atoms with Gasteiger partial charge in [0.1, 0.15) is 0 Å². The molecule has 1 amide bonds. The van der Waals surface area contributed by atoms with Gasteiger partial charge in [-0.05, 0) is 12.1 Å². The molecule has 0 bridgehead atoms. The minimum atomic E-state index is -0.239. The van der Waals surface area contributed by atoms with Crippen molar-refractivity contribution in [2.75, 3.05) is 14.2 Å². The molecule has 1 aromatic rings. The number of ether oxygens (including phenoxy) is 1. The van der Waals surface area contributed by atoms with E-state index in [0.29, 0.717) is 21.4 Å². The van der Waals surface area contributed by atoms with Gasteiger partial charge in [0.2, 0.25) is 0 Å². The van der Waals surface area contributed by atoms with Crippen LogP contribution in [0.3, 0.4) is 0 Å². The summed E-state index contributed by atoms with van der Waals surface area (Å²) < 4.78 is 4.95. The van der Waals surface area contributed by atoms with Gasteiger partial charge in [0.05, 0.1) is 17.2 Å². The first-order chi connectivity index (χ1) is 6.60. The quantitative estimate of drug-likeness (QED) is 0.852. The summed E-state index contributed by atoms with van der Waals surface area (Å²) in [6, 6.07) is 3.01. The van der Waals surface area contributed by atoms with Crippen LogP contribution in [0, 0.1) is 0 Å². The number of hydrogen-bond acceptors (Lipinski definition) is 2. The van der Waals surface area contributed by atoms with Crippen LogP contribution in [0.2, 0.25) is 10.0 Å². The third-order valence-corrected chi connectivity index (χ3v) is 2.25. The van der Waals surface area contributed by atoms with Crippen LogP contribution in [0.25, 0.3) is 0 Å². The average Bonchev–Trinajstić information content (AvgIpc) is 2.16. The maximum Gasteiger partial charge on any atom is 0.251 e. The third kappa shape index (κ3) is 2.11. The number of rotatable bonds is 2. The lowest BCUT2D eigenvalue weighted by atomic mass is 10.2. The van der Waals surface area contributed by atoms with E-state index in [1.807, 2.05) is 0 Å². The first-order valence-corrected chi connectivity index (χ1v) is 4.61. The maximum absolute atomic E-state index is 11.2. The fraction of sp³-hybridized carbons (Fsp3) is 0.222. The number of benzene rings is 1. The summed E-state index contributed by atoms with van der Waals surface area (Å²) in [7, 11) is 3.00. The molecule has 0 aromatic heterocycles. The zero-order valence-corrected chi connectivity index (χ0v) is 9.24. The van der Waals surface area contributed by atoms with Crippen molar-refractivity contribution in [2.45, 2.75) is 0 Å². The number of hydrogen-bond donors (Lipinski definition) is 1. The Hall–Kier alpha value is -0.930. The summed E-state index contributed by atoms with van der Waals surface area (Å²) in [5.74, 6) is 0.137. The molecule has 1 rings (SSSR count). The number of methoxy groups -OCH3 is 1. The van der Waals surface area contributed by atoms with E-state index in [9.17, 15) is 4.79 Å². The Morgan fingerprint density at radius 3 is 2.21 bits per heavy atom. The van der Waals surface area contributed by atoms with Gasteiger partial charge < -0.3 is 10.1 Å². The van der Waals surface area contributed by atoms with Crippen molar-refractivity contribution in [1.82, 2.24) is 5.32 Å². The Morgan fingerprint density at radius 2 is 1.86 bits per heavy atom. The molecule has 0 spiro atoms. The maximum atomic E-state index is 11.2. The van der Waals surface area contributed by atoms with Gasteiger partial charge in [-0.3, -0.25) is 4.79 Å². The van der Waals surface area contributed by atoms with Crippen LogP contribution < -0.4 is 10.1 Å².